The van der Waals surface area contributed by atoms with Gasteiger partial charge in [0.1, 0.15) is 18.0 Å². The summed E-state index contributed by atoms with van der Waals surface area (Å²) < 4.78 is 18.0. The van der Waals surface area contributed by atoms with E-state index < -0.39 is 20.6 Å². The van der Waals surface area contributed by atoms with E-state index in [0.717, 1.165) is 21.6 Å². The Morgan fingerprint density at radius 2 is 1.68 bits per heavy atom. The van der Waals surface area contributed by atoms with Crippen molar-refractivity contribution in [1.29, 1.82) is 0 Å². The largest absolute Gasteiger partial charge is 1.00 e. The maximum absolute atomic E-state index is 12.2. The first-order chi connectivity index (χ1) is 20.5. The van der Waals surface area contributed by atoms with Crippen molar-refractivity contribution in [2.24, 2.45) is 5.10 Å². The van der Waals surface area contributed by atoms with Gasteiger partial charge in [0.2, 0.25) is 0 Å². The molecule has 0 bridgehead atoms. The molecule has 240 valence electrons. The van der Waals surface area contributed by atoms with Gasteiger partial charge >= 0.3 is 29.6 Å². The number of ether oxygens (including phenoxy) is 1. The monoisotopic (exact) mass is 674 g/mol. The van der Waals surface area contributed by atoms with Crippen molar-refractivity contribution < 1.29 is 53.8 Å². The molecular weight excluding hydrogens is 625 g/mol. The van der Waals surface area contributed by atoms with Crippen LogP contribution < -0.4 is 54.2 Å². The molecule has 3 aromatic carbocycles. The minimum atomic E-state index is -3.15. The number of hydrogen-bond donors (Lipinski definition) is 4. The summed E-state index contributed by atoms with van der Waals surface area (Å²) in [7, 11) is -2.04. The van der Waals surface area contributed by atoms with Crippen molar-refractivity contribution >= 4 is 50.1 Å². The number of fused-ring (bicyclic) bond motifs is 1. The summed E-state index contributed by atoms with van der Waals surface area (Å²) in [5.74, 6) is 0.724. The van der Waals surface area contributed by atoms with Gasteiger partial charge in [-0.05, 0) is 76.4 Å². The summed E-state index contributed by atoms with van der Waals surface area (Å²) in [6, 6.07) is 20.1. The van der Waals surface area contributed by atoms with Crippen LogP contribution in [0.25, 0.3) is 10.8 Å². The molecule has 3 rings (SSSR count). The fourth-order valence-corrected chi connectivity index (χ4v) is 7.18. The van der Waals surface area contributed by atoms with Gasteiger partial charge in [0.05, 0.1) is 12.8 Å². The Kier molecular flexibility index (Phi) is 21.8. The van der Waals surface area contributed by atoms with Crippen molar-refractivity contribution in [3.8, 4) is 5.75 Å². The molecule has 0 spiro atoms. The molecule has 0 heterocycles. The fourth-order valence-electron chi connectivity index (χ4n) is 3.94. The van der Waals surface area contributed by atoms with Gasteiger partial charge in [-0.3, -0.25) is 0 Å². The molecule has 2 unspecified atom stereocenters. The summed E-state index contributed by atoms with van der Waals surface area (Å²) in [6.45, 7) is 12.0. The number of hydrazone groups is 1. The molecule has 0 amide bonds. The Bertz CT molecular complexity index is 1310. The molecule has 9 nitrogen and oxygen atoms in total. The molecule has 13 heteroatoms. The van der Waals surface area contributed by atoms with E-state index in [4.69, 9.17) is 4.74 Å². The first kappa shape index (κ1) is 42.8. The number of aliphatic hydroxyl groups is 1. The van der Waals surface area contributed by atoms with Crippen molar-refractivity contribution in [3.05, 3.63) is 66.2 Å². The van der Waals surface area contributed by atoms with Crippen molar-refractivity contribution in [3.63, 3.8) is 0 Å². The van der Waals surface area contributed by atoms with Crippen LogP contribution in [0.15, 0.2) is 70.7 Å². The second-order valence-electron chi connectivity index (χ2n) is 9.65. The second kappa shape index (κ2) is 22.4. The molecule has 0 aromatic heterocycles. The first-order valence-corrected chi connectivity index (χ1v) is 19.2. The number of nitrogens with zero attached hydrogens (tertiary/aromatic N) is 2. The number of rotatable bonds is 15. The van der Waals surface area contributed by atoms with Gasteiger partial charge in [-0.2, -0.15) is 5.10 Å². The van der Waals surface area contributed by atoms with Crippen LogP contribution in [0.3, 0.4) is 0 Å². The Labute approximate surface area is 292 Å². The van der Waals surface area contributed by atoms with Gasteiger partial charge in [0.15, 0.2) is 0 Å². The Morgan fingerprint density at radius 1 is 1.05 bits per heavy atom. The van der Waals surface area contributed by atoms with E-state index in [1.807, 2.05) is 72.1 Å². The summed E-state index contributed by atoms with van der Waals surface area (Å²) >= 11 is 1.46. The quantitative estimate of drug-likeness (QED) is 0.0480. The summed E-state index contributed by atoms with van der Waals surface area (Å²) in [4.78, 5) is 27.2. The summed E-state index contributed by atoms with van der Waals surface area (Å²) in [6.07, 6.45) is 2.37. The third kappa shape index (κ3) is 13.3. The van der Waals surface area contributed by atoms with E-state index in [9.17, 15) is 19.5 Å². The molecule has 0 saturated carbocycles. The van der Waals surface area contributed by atoms with E-state index in [0.29, 0.717) is 19.6 Å². The molecule has 0 fully saturated rings. The predicted molar refractivity (Wildman–Crippen MR) is 185 cm³/mol. The van der Waals surface area contributed by atoms with Crippen LogP contribution >= 0.6 is 27.5 Å². The van der Waals surface area contributed by atoms with Gasteiger partial charge in [-0.25, -0.2) is 4.83 Å². The van der Waals surface area contributed by atoms with Crippen molar-refractivity contribution in [2.75, 3.05) is 52.0 Å². The predicted octanol–water partition coefficient (Wildman–Crippen LogP) is 3.27. The van der Waals surface area contributed by atoms with Crippen LogP contribution in [-0.2, 0) is 4.57 Å². The second-order valence-corrected chi connectivity index (χ2v) is 15.6. The molecule has 0 saturated heterocycles. The summed E-state index contributed by atoms with van der Waals surface area (Å²) in [5.41, 5.74) is 2.06. The van der Waals surface area contributed by atoms with Crippen molar-refractivity contribution in [2.45, 2.75) is 50.5 Å². The third-order valence-electron chi connectivity index (χ3n) is 6.19. The maximum atomic E-state index is 12.2. The zero-order valence-corrected chi connectivity index (χ0v) is 32.3. The Morgan fingerprint density at radius 3 is 2.32 bits per heavy atom. The van der Waals surface area contributed by atoms with Crippen LogP contribution in [0.5, 0.6) is 5.75 Å². The van der Waals surface area contributed by atoms with Gasteiger partial charge in [0.25, 0.3) is 0 Å². The number of nitrogens with one attached hydrogen (secondary N) is 2. The number of benzene rings is 3. The minimum absolute atomic E-state index is 0. The van der Waals surface area contributed by atoms with E-state index in [-0.39, 0.29) is 42.5 Å². The standard InChI is InChI=1S/C27H37N4O5P2S.2C2H6.Na/c1-31(2)25-13-6-12-24-23(25)11-7-14-26(24)39-30-29-20-21-9-5-10-22(19-21)36-18-8-16-28-17-15-27(32,37(33)34)38(3,4)35;2*1-2;/h5-7,9-14,19-20,28,30,32-33H,8,15-18H2,1-4H3;2*1-2H3;/q-1;;;+1/b29-20+;;;. The number of hydrogen-bond acceptors (Lipinski definition) is 10. The molecule has 0 aliphatic rings. The fraction of sp³-hybridized carbons (Fsp3) is 0.452. The summed E-state index contributed by atoms with van der Waals surface area (Å²) in [5, 5.41) is 18.1. The van der Waals surface area contributed by atoms with Crippen LogP contribution in [-0.4, -0.2) is 68.4 Å². The molecule has 0 aliphatic carbocycles. The minimum Gasteiger partial charge on any atom is -0.806 e. The topological polar surface area (TPSA) is 129 Å². The average molecular weight is 675 g/mol. The van der Waals surface area contributed by atoms with Gasteiger partial charge in [0, 0.05) is 48.4 Å². The van der Waals surface area contributed by atoms with Gasteiger partial charge in [-0.1, -0.05) is 64.1 Å². The van der Waals surface area contributed by atoms with Crippen LogP contribution in [0.4, 0.5) is 5.69 Å². The zero-order valence-electron chi connectivity index (χ0n) is 27.7. The molecule has 4 N–H and O–H groups in total. The SMILES string of the molecule is CC.CC.CN(C)c1cccc2c(SN/N=C/c3cccc(OCCCNCCC(O)(P([O-])O)P(C)(C)=O)c3)cccc12.[Na+]. The van der Waals surface area contributed by atoms with Crippen LogP contribution in [0.1, 0.15) is 46.1 Å². The van der Waals surface area contributed by atoms with Gasteiger partial charge in [-0.15, -0.1) is 0 Å². The van der Waals surface area contributed by atoms with Crippen molar-refractivity contribution in [1.82, 2.24) is 10.1 Å². The zero-order chi connectivity index (χ0) is 32.5. The third-order valence-corrected chi connectivity index (χ3v) is 11.7. The average Bonchev–Trinajstić information content (AvgIpc) is 3.00. The van der Waals surface area contributed by atoms with E-state index in [1.54, 1.807) is 6.21 Å². The maximum Gasteiger partial charge on any atom is 1.00 e. The number of anilines is 1. The molecule has 0 radical (unpaired) electrons. The van der Waals surface area contributed by atoms with Crippen LogP contribution in [0.2, 0.25) is 0 Å². The molecular formula is C31H49N4NaO5P2S. The smallest absolute Gasteiger partial charge is 0.806 e. The molecule has 3 aromatic rings. The van der Waals surface area contributed by atoms with E-state index >= 15 is 0 Å². The normalized spacial score (nSPS) is 13.0. The van der Waals surface area contributed by atoms with Gasteiger partial charge < -0.3 is 34.4 Å². The first-order valence-electron chi connectivity index (χ1n) is 14.5. The molecule has 44 heavy (non-hydrogen) atoms. The molecule has 0 aliphatic heterocycles. The van der Waals surface area contributed by atoms with Crippen LogP contribution in [0, 0.1) is 0 Å². The Balaban J connectivity index is 0.00000355. The van der Waals surface area contributed by atoms with E-state index in [2.05, 4.69) is 50.5 Å². The Hall–Kier alpha value is -1.16. The molecule has 2 atom stereocenters. The van der Waals surface area contributed by atoms with E-state index in [1.165, 1.54) is 36.4 Å².